The van der Waals surface area contributed by atoms with Crippen LogP contribution in [0.5, 0.6) is 0 Å². The molecule has 2 heterocycles. The molecule has 1 atom stereocenters. The van der Waals surface area contributed by atoms with E-state index in [1.807, 2.05) is 14.1 Å². The molecule has 1 aliphatic carbocycles. The molecule has 0 aliphatic heterocycles. The van der Waals surface area contributed by atoms with Crippen molar-refractivity contribution < 1.29 is 0 Å². The van der Waals surface area contributed by atoms with Crippen molar-refractivity contribution in [2.75, 3.05) is 24.7 Å². The lowest BCUT2D eigenvalue weighted by atomic mass is 9.93. The summed E-state index contributed by atoms with van der Waals surface area (Å²) in [5.74, 6) is 1.86. The minimum atomic E-state index is 0.0597. The number of hydrogen-bond acceptors (Lipinski definition) is 7. The first-order chi connectivity index (χ1) is 10.4. The summed E-state index contributed by atoms with van der Waals surface area (Å²) in [6, 6.07) is 0. The Morgan fingerprint density at radius 2 is 2.14 bits per heavy atom. The number of aromatic nitrogens is 4. The highest BCUT2D eigenvalue weighted by Gasteiger charge is 2.22. The van der Waals surface area contributed by atoms with Gasteiger partial charge in [-0.25, -0.2) is 0 Å². The third-order valence-corrected chi connectivity index (χ3v) is 4.92. The van der Waals surface area contributed by atoms with Gasteiger partial charge in [0.2, 0.25) is 11.9 Å². The third-order valence-electron chi connectivity index (χ3n) is 3.87. The molecular formula is C14H20N6OS. The Balaban J connectivity index is 1.96. The Hall–Kier alpha value is -1.96. The number of nitrogens with two attached hydrogens (primary N) is 1. The van der Waals surface area contributed by atoms with E-state index in [1.54, 1.807) is 9.47 Å². The van der Waals surface area contributed by atoms with Crippen molar-refractivity contribution in [1.29, 1.82) is 0 Å². The van der Waals surface area contributed by atoms with Gasteiger partial charge in [-0.2, -0.15) is 15.0 Å². The van der Waals surface area contributed by atoms with Crippen molar-refractivity contribution in [2.24, 2.45) is 5.92 Å². The molecule has 0 bridgehead atoms. The van der Waals surface area contributed by atoms with Gasteiger partial charge in [-0.15, -0.1) is 0 Å². The van der Waals surface area contributed by atoms with Gasteiger partial charge in [-0.05, 0) is 25.2 Å². The molecule has 3 rings (SSSR count). The number of anilines is 2. The molecule has 22 heavy (non-hydrogen) atoms. The lowest BCUT2D eigenvalue weighted by molar-refractivity contribution is 0.486. The predicted molar refractivity (Wildman–Crippen MR) is 87.4 cm³/mol. The van der Waals surface area contributed by atoms with Crippen LogP contribution < -0.4 is 15.5 Å². The van der Waals surface area contributed by atoms with Crippen LogP contribution in [0, 0.1) is 5.92 Å². The molecule has 2 aromatic rings. The highest BCUT2D eigenvalue weighted by Crippen LogP contribution is 2.27. The minimum absolute atomic E-state index is 0.0597. The van der Waals surface area contributed by atoms with Crippen LogP contribution in [0.15, 0.2) is 4.79 Å². The van der Waals surface area contributed by atoms with Crippen molar-refractivity contribution in [3.8, 4) is 0 Å². The average molecular weight is 320 g/mol. The molecule has 0 unspecified atom stereocenters. The van der Waals surface area contributed by atoms with E-state index in [0.717, 1.165) is 25.0 Å². The summed E-state index contributed by atoms with van der Waals surface area (Å²) in [6.45, 7) is 2.58. The zero-order valence-corrected chi connectivity index (χ0v) is 13.9. The van der Waals surface area contributed by atoms with Gasteiger partial charge in [-0.3, -0.25) is 9.36 Å². The van der Waals surface area contributed by atoms with Gasteiger partial charge in [0, 0.05) is 24.7 Å². The number of thiazole rings is 1. The van der Waals surface area contributed by atoms with Crippen molar-refractivity contribution in [3.05, 3.63) is 26.1 Å². The number of nitrogen functional groups attached to an aromatic ring is 1. The zero-order chi connectivity index (χ0) is 15.9. The van der Waals surface area contributed by atoms with Crippen molar-refractivity contribution in [2.45, 2.75) is 32.7 Å². The maximum atomic E-state index is 12.3. The average Bonchev–Trinajstić information content (AvgIpc) is 2.73. The normalized spacial score (nSPS) is 17.3. The van der Waals surface area contributed by atoms with Crippen LogP contribution in [0.25, 0.3) is 0 Å². The molecule has 0 fully saturated rings. The summed E-state index contributed by atoms with van der Waals surface area (Å²) >= 11 is 1.35. The SMILES string of the molecule is C[C@@H]1CCc2c(sc(=O)n2Cc2nc(N)nc(N(C)C)n2)C1. The van der Waals surface area contributed by atoms with Gasteiger partial charge >= 0.3 is 4.87 Å². The number of hydrogen-bond donors (Lipinski definition) is 1. The highest BCUT2D eigenvalue weighted by molar-refractivity contribution is 7.09. The summed E-state index contributed by atoms with van der Waals surface area (Å²) in [7, 11) is 3.69. The van der Waals surface area contributed by atoms with Crippen LogP contribution in [0.4, 0.5) is 11.9 Å². The first kappa shape index (κ1) is 15.0. The van der Waals surface area contributed by atoms with Gasteiger partial charge in [-0.1, -0.05) is 18.3 Å². The Bertz CT molecular complexity index is 750. The van der Waals surface area contributed by atoms with E-state index in [1.165, 1.54) is 16.2 Å². The van der Waals surface area contributed by atoms with Crippen LogP contribution >= 0.6 is 11.3 Å². The van der Waals surface area contributed by atoms with E-state index in [-0.39, 0.29) is 10.8 Å². The summed E-state index contributed by atoms with van der Waals surface area (Å²) in [5, 5.41) is 0. The molecule has 0 aromatic carbocycles. The molecule has 1 aliphatic rings. The molecular weight excluding hydrogens is 300 g/mol. The van der Waals surface area contributed by atoms with Crippen molar-refractivity contribution in [1.82, 2.24) is 19.5 Å². The topological polar surface area (TPSA) is 89.9 Å². The van der Waals surface area contributed by atoms with Crippen molar-refractivity contribution >= 4 is 23.2 Å². The van der Waals surface area contributed by atoms with E-state index in [4.69, 9.17) is 5.73 Å². The fraction of sp³-hybridized carbons (Fsp3) is 0.571. The van der Waals surface area contributed by atoms with Gasteiger partial charge in [0.1, 0.15) is 0 Å². The maximum absolute atomic E-state index is 12.3. The summed E-state index contributed by atoms with van der Waals surface area (Å²) in [6.07, 6.45) is 3.05. The van der Waals surface area contributed by atoms with Gasteiger partial charge in [0.15, 0.2) is 5.82 Å². The van der Waals surface area contributed by atoms with Crippen LogP contribution in [0.1, 0.15) is 29.7 Å². The lowest BCUT2D eigenvalue weighted by Gasteiger charge is -2.19. The molecule has 0 saturated carbocycles. The second-order valence-corrected chi connectivity index (χ2v) is 7.02. The number of fused-ring (bicyclic) bond motifs is 1. The van der Waals surface area contributed by atoms with E-state index >= 15 is 0 Å². The molecule has 0 radical (unpaired) electrons. The fourth-order valence-corrected chi connectivity index (χ4v) is 3.91. The van der Waals surface area contributed by atoms with Gasteiger partial charge < -0.3 is 10.6 Å². The maximum Gasteiger partial charge on any atom is 0.307 e. The molecule has 0 spiro atoms. The fourth-order valence-electron chi connectivity index (χ4n) is 2.71. The predicted octanol–water partition coefficient (Wildman–Crippen LogP) is 0.916. The van der Waals surface area contributed by atoms with Crippen LogP contribution in [-0.2, 0) is 19.4 Å². The first-order valence-corrected chi connectivity index (χ1v) is 8.15. The molecule has 0 saturated heterocycles. The standard InChI is InChI=1S/C14H20N6OS/c1-8-4-5-9-10(6-8)22-14(21)20(9)7-11-16-12(15)18-13(17-11)19(2)3/h8H,4-7H2,1-3H3,(H2,15,16,17,18)/t8-/m1/s1. The van der Waals surface area contributed by atoms with E-state index < -0.39 is 0 Å². The smallest absolute Gasteiger partial charge is 0.307 e. The van der Waals surface area contributed by atoms with E-state index in [9.17, 15) is 4.79 Å². The molecule has 118 valence electrons. The molecule has 2 N–H and O–H groups in total. The van der Waals surface area contributed by atoms with Crippen molar-refractivity contribution in [3.63, 3.8) is 0 Å². The second-order valence-electron chi connectivity index (χ2n) is 5.98. The van der Waals surface area contributed by atoms with Crippen LogP contribution in [0.2, 0.25) is 0 Å². The molecule has 8 heteroatoms. The third kappa shape index (κ3) is 2.83. The van der Waals surface area contributed by atoms with E-state index in [0.29, 0.717) is 24.2 Å². The molecule has 0 amide bonds. The quantitative estimate of drug-likeness (QED) is 0.904. The summed E-state index contributed by atoms with van der Waals surface area (Å²) < 4.78 is 1.79. The van der Waals surface area contributed by atoms with Gasteiger partial charge in [0.05, 0.1) is 6.54 Å². The zero-order valence-electron chi connectivity index (χ0n) is 13.0. The minimum Gasteiger partial charge on any atom is -0.368 e. The Kier molecular flexibility index (Phi) is 3.86. The molecule has 7 nitrogen and oxygen atoms in total. The monoisotopic (exact) mass is 320 g/mol. The Morgan fingerprint density at radius 3 is 2.86 bits per heavy atom. The lowest BCUT2D eigenvalue weighted by Crippen LogP contribution is -2.22. The van der Waals surface area contributed by atoms with E-state index in [2.05, 4.69) is 21.9 Å². The summed E-state index contributed by atoms with van der Waals surface area (Å²) in [5.41, 5.74) is 6.88. The second kappa shape index (κ2) is 5.68. The van der Waals surface area contributed by atoms with Gasteiger partial charge in [0.25, 0.3) is 0 Å². The Labute approximate surface area is 132 Å². The Morgan fingerprint density at radius 1 is 1.36 bits per heavy atom. The summed E-state index contributed by atoms with van der Waals surface area (Å²) in [4.78, 5) is 28.0. The van der Waals surface area contributed by atoms with Crippen LogP contribution in [-0.4, -0.2) is 33.6 Å². The first-order valence-electron chi connectivity index (χ1n) is 7.33. The number of nitrogens with zero attached hydrogens (tertiary/aromatic N) is 5. The van der Waals surface area contributed by atoms with Crippen LogP contribution in [0.3, 0.4) is 0 Å². The highest BCUT2D eigenvalue weighted by atomic mass is 32.1. The largest absolute Gasteiger partial charge is 0.368 e. The number of rotatable bonds is 3. The molecule has 2 aromatic heterocycles.